The third-order valence-electron chi connectivity index (χ3n) is 3.70. The summed E-state index contributed by atoms with van der Waals surface area (Å²) in [5, 5.41) is 10.8. The molecule has 0 heterocycles. The van der Waals surface area contributed by atoms with Crippen LogP contribution in [0.5, 0.6) is 0 Å². The van der Waals surface area contributed by atoms with Gasteiger partial charge in [0.05, 0.1) is 10.8 Å². The van der Waals surface area contributed by atoms with Gasteiger partial charge in [-0.25, -0.2) is 0 Å². The lowest BCUT2D eigenvalue weighted by atomic mass is 10.0. The molecule has 0 amide bonds. The number of hydrogen-bond acceptors (Lipinski definition) is 2. The Morgan fingerprint density at radius 2 is 1.50 bits per heavy atom. The first-order valence-corrected chi connectivity index (χ1v) is 8.14. The summed E-state index contributed by atoms with van der Waals surface area (Å²) in [6, 6.07) is 16.9. The minimum absolute atomic E-state index is 0.454. The van der Waals surface area contributed by atoms with Crippen LogP contribution >= 0.6 is 11.6 Å². The standard InChI is InChI=1S/C16H15ClO2S/c17-15(20(19)14-8-2-1-3-9-14)16(18)10-12-6-4-5-7-13(12)11-16/h1-9,15,18H,10-11H2. The molecule has 0 saturated carbocycles. The van der Waals surface area contributed by atoms with Gasteiger partial charge in [-0.1, -0.05) is 42.5 Å². The Labute approximate surface area is 125 Å². The van der Waals surface area contributed by atoms with Gasteiger partial charge in [-0.05, 0) is 23.3 Å². The number of aliphatic hydroxyl groups is 1. The van der Waals surface area contributed by atoms with Crippen molar-refractivity contribution in [3.8, 4) is 0 Å². The largest absolute Gasteiger partial charge is 0.387 e. The van der Waals surface area contributed by atoms with Crippen molar-refractivity contribution in [2.45, 2.75) is 28.0 Å². The molecule has 2 unspecified atom stereocenters. The molecular formula is C16H15ClO2S. The molecule has 4 heteroatoms. The van der Waals surface area contributed by atoms with Crippen molar-refractivity contribution in [2.24, 2.45) is 0 Å². The van der Waals surface area contributed by atoms with Crippen LogP contribution in [0.4, 0.5) is 0 Å². The van der Waals surface area contributed by atoms with Gasteiger partial charge in [0.1, 0.15) is 10.3 Å². The quantitative estimate of drug-likeness (QED) is 0.885. The van der Waals surface area contributed by atoms with E-state index in [1.807, 2.05) is 42.5 Å². The highest BCUT2D eigenvalue weighted by Crippen LogP contribution is 2.37. The number of benzene rings is 2. The third kappa shape index (κ3) is 2.41. The van der Waals surface area contributed by atoms with Crippen LogP contribution < -0.4 is 0 Å². The fourth-order valence-electron chi connectivity index (χ4n) is 2.66. The van der Waals surface area contributed by atoms with Crippen molar-refractivity contribution >= 4 is 22.4 Å². The lowest BCUT2D eigenvalue weighted by molar-refractivity contribution is 0.0662. The van der Waals surface area contributed by atoms with Crippen LogP contribution in [0.25, 0.3) is 0 Å². The zero-order valence-electron chi connectivity index (χ0n) is 10.8. The smallest absolute Gasteiger partial charge is 0.142 e. The molecular weight excluding hydrogens is 292 g/mol. The van der Waals surface area contributed by atoms with Gasteiger partial charge in [-0.15, -0.1) is 11.6 Å². The molecule has 1 N–H and O–H groups in total. The molecule has 0 spiro atoms. The molecule has 20 heavy (non-hydrogen) atoms. The van der Waals surface area contributed by atoms with E-state index in [0.717, 1.165) is 11.1 Å². The Balaban J connectivity index is 1.85. The molecule has 1 aliphatic carbocycles. The molecule has 0 radical (unpaired) electrons. The van der Waals surface area contributed by atoms with E-state index in [9.17, 15) is 9.32 Å². The maximum Gasteiger partial charge on any atom is 0.142 e. The first-order chi connectivity index (χ1) is 9.60. The fraction of sp³-hybridized carbons (Fsp3) is 0.250. The highest BCUT2D eigenvalue weighted by Gasteiger charge is 2.44. The highest BCUT2D eigenvalue weighted by molar-refractivity contribution is 7.87. The molecule has 0 bridgehead atoms. The van der Waals surface area contributed by atoms with Crippen molar-refractivity contribution < 1.29 is 9.32 Å². The molecule has 0 fully saturated rings. The predicted octanol–water partition coefficient (Wildman–Crippen LogP) is 2.89. The van der Waals surface area contributed by atoms with Gasteiger partial charge in [0, 0.05) is 17.7 Å². The molecule has 2 aromatic carbocycles. The number of halogens is 1. The molecule has 2 atom stereocenters. The maximum absolute atomic E-state index is 12.5. The van der Waals surface area contributed by atoms with E-state index in [0.29, 0.717) is 17.7 Å². The molecule has 3 rings (SSSR count). The van der Waals surface area contributed by atoms with Crippen LogP contribution in [-0.4, -0.2) is 19.6 Å². The fourth-order valence-corrected chi connectivity index (χ4v) is 4.35. The maximum atomic E-state index is 12.5. The van der Waals surface area contributed by atoms with Gasteiger partial charge >= 0.3 is 0 Å². The summed E-state index contributed by atoms with van der Waals surface area (Å²) < 4.78 is 11.7. The van der Waals surface area contributed by atoms with Crippen molar-refractivity contribution in [2.75, 3.05) is 0 Å². The van der Waals surface area contributed by atoms with E-state index in [1.54, 1.807) is 12.1 Å². The minimum Gasteiger partial charge on any atom is -0.387 e. The van der Waals surface area contributed by atoms with E-state index < -0.39 is 21.1 Å². The molecule has 104 valence electrons. The topological polar surface area (TPSA) is 37.3 Å². The van der Waals surface area contributed by atoms with Crippen LogP contribution in [0.15, 0.2) is 59.5 Å². The average Bonchev–Trinajstić information content (AvgIpc) is 2.84. The predicted molar refractivity (Wildman–Crippen MR) is 81.3 cm³/mol. The summed E-state index contributed by atoms with van der Waals surface area (Å²) >= 11 is 6.35. The Morgan fingerprint density at radius 1 is 1.00 bits per heavy atom. The minimum atomic E-state index is -1.43. The van der Waals surface area contributed by atoms with Crippen LogP contribution in [0.2, 0.25) is 0 Å². The molecule has 1 aliphatic rings. The second kappa shape index (κ2) is 5.32. The van der Waals surface area contributed by atoms with E-state index in [2.05, 4.69) is 0 Å². The lowest BCUT2D eigenvalue weighted by Crippen LogP contribution is -2.42. The molecule has 0 aliphatic heterocycles. The zero-order chi connectivity index (χ0) is 14.2. The monoisotopic (exact) mass is 306 g/mol. The first-order valence-electron chi connectivity index (χ1n) is 6.49. The summed E-state index contributed by atoms with van der Waals surface area (Å²) in [4.78, 5) is 0.650. The van der Waals surface area contributed by atoms with E-state index in [4.69, 9.17) is 11.6 Å². The van der Waals surface area contributed by atoms with Gasteiger partial charge in [-0.3, -0.25) is 4.21 Å². The van der Waals surface area contributed by atoms with Crippen LogP contribution in [0.3, 0.4) is 0 Å². The second-order valence-electron chi connectivity index (χ2n) is 5.15. The molecule has 2 nitrogen and oxygen atoms in total. The normalized spacial score (nSPS) is 19.3. The van der Waals surface area contributed by atoms with Crippen molar-refractivity contribution in [3.63, 3.8) is 0 Å². The number of fused-ring (bicyclic) bond motifs is 1. The van der Waals surface area contributed by atoms with Crippen LogP contribution in [-0.2, 0) is 23.6 Å². The van der Waals surface area contributed by atoms with E-state index in [-0.39, 0.29) is 0 Å². The molecule has 0 aromatic heterocycles. The lowest BCUT2D eigenvalue weighted by Gasteiger charge is -2.27. The van der Waals surface area contributed by atoms with Crippen molar-refractivity contribution in [1.29, 1.82) is 0 Å². The van der Waals surface area contributed by atoms with Crippen molar-refractivity contribution in [1.82, 2.24) is 0 Å². The van der Waals surface area contributed by atoms with E-state index >= 15 is 0 Å². The Bertz CT molecular complexity index is 617. The summed E-state index contributed by atoms with van der Waals surface area (Å²) in [7, 11) is -1.43. The summed E-state index contributed by atoms with van der Waals surface area (Å²) in [6.45, 7) is 0. The summed E-state index contributed by atoms with van der Waals surface area (Å²) in [5.74, 6) is 0. The van der Waals surface area contributed by atoms with Gasteiger partial charge in [-0.2, -0.15) is 0 Å². The van der Waals surface area contributed by atoms with E-state index in [1.165, 1.54) is 0 Å². The van der Waals surface area contributed by atoms with Crippen molar-refractivity contribution in [3.05, 3.63) is 65.7 Å². The Morgan fingerprint density at radius 3 is 2.05 bits per heavy atom. The molecule has 2 aromatic rings. The van der Waals surface area contributed by atoms with Gasteiger partial charge in [0.2, 0.25) is 0 Å². The highest BCUT2D eigenvalue weighted by atomic mass is 35.5. The first kappa shape index (κ1) is 13.8. The Hall–Kier alpha value is -1.16. The number of rotatable bonds is 3. The Kier molecular flexibility index (Phi) is 3.67. The summed E-state index contributed by atoms with van der Waals surface area (Å²) in [5.41, 5.74) is 1.03. The van der Waals surface area contributed by atoms with Crippen LogP contribution in [0, 0.1) is 0 Å². The second-order valence-corrected chi connectivity index (χ2v) is 7.39. The third-order valence-corrected chi connectivity index (χ3v) is 6.14. The number of hydrogen-bond donors (Lipinski definition) is 1. The number of alkyl halides is 1. The van der Waals surface area contributed by atoms with Gasteiger partial charge in [0.25, 0.3) is 0 Å². The zero-order valence-corrected chi connectivity index (χ0v) is 12.4. The van der Waals surface area contributed by atoms with Gasteiger partial charge in [0.15, 0.2) is 0 Å². The van der Waals surface area contributed by atoms with Crippen LogP contribution in [0.1, 0.15) is 11.1 Å². The van der Waals surface area contributed by atoms with Gasteiger partial charge < -0.3 is 5.11 Å². The average molecular weight is 307 g/mol. The SMILES string of the molecule is O=S(c1ccccc1)C(Cl)C1(O)Cc2ccccc2C1. The molecule has 0 saturated heterocycles. The summed E-state index contributed by atoms with van der Waals surface area (Å²) in [6.07, 6.45) is 0.909.